The molecule has 0 unspecified atom stereocenters. The molecule has 0 bridgehead atoms. The molecule has 104 valence electrons. The number of thiophene rings is 1. The fourth-order valence-corrected chi connectivity index (χ4v) is 2.42. The zero-order chi connectivity index (χ0) is 14.5. The Morgan fingerprint density at radius 1 is 1.30 bits per heavy atom. The standard InChI is InChI=1S/C14H12FNO3S/c15-9-3-5-12(11(8-9)14(18)19)16-13(17)6-4-10-2-1-7-20-10/h1-3,5,7-8H,4,6H2,(H,16,17)(H,18,19). The molecule has 0 spiro atoms. The van der Waals surface area contributed by atoms with E-state index >= 15 is 0 Å². The number of hydrogen-bond donors (Lipinski definition) is 2. The van der Waals surface area contributed by atoms with E-state index in [2.05, 4.69) is 5.32 Å². The van der Waals surface area contributed by atoms with E-state index in [9.17, 15) is 14.0 Å². The monoisotopic (exact) mass is 293 g/mol. The number of rotatable bonds is 5. The zero-order valence-electron chi connectivity index (χ0n) is 10.4. The molecule has 0 aliphatic rings. The van der Waals surface area contributed by atoms with Crippen LogP contribution in [0.25, 0.3) is 0 Å². The average Bonchev–Trinajstić information content (AvgIpc) is 2.91. The third-order valence-electron chi connectivity index (χ3n) is 2.66. The number of anilines is 1. The van der Waals surface area contributed by atoms with Crippen molar-refractivity contribution >= 4 is 28.9 Å². The van der Waals surface area contributed by atoms with E-state index in [1.807, 2.05) is 17.5 Å². The highest BCUT2D eigenvalue weighted by Gasteiger charge is 2.13. The topological polar surface area (TPSA) is 66.4 Å². The van der Waals surface area contributed by atoms with Crippen molar-refractivity contribution in [3.8, 4) is 0 Å². The SMILES string of the molecule is O=C(CCc1cccs1)Nc1ccc(F)cc1C(=O)O. The van der Waals surface area contributed by atoms with Gasteiger partial charge in [0.25, 0.3) is 0 Å². The normalized spacial score (nSPS) is 10.2. The maximum atomic E-state index is 13.0. The molecule has 6 heteroatoms. The Balaban J connectivity index is 2.02. The molecule has 1 aromatic carbocycles. The minimum atomic E-state index is -1.28. The van der Waals surface area contributed by atoms with Gasteiger partial charge in [0.1, 0.15) is 5.82 Å². The van der Waals surface area contributed by atoms with Gasteiger partial charge < -0.3 is 10.4 Å². The van der Waals surface area contributed by atoms with Crippen LogP contribution in [0, 0.1) is 5.82 Å². The van der Waals surface area contributed by atoms with Crippen molar-refractivity contribution < 1.29 is 19.1 Å². The van der Waals surface area contributed by atoms with Crippen molar-refractivity contribution in [3.05, 3.63) is 52.0 Å². The molecule has 1 aromatic heterocycles. The molecule has 0 radical (unpaired) electrons. The van der Waals surface area contributed by atoms with Crippen LogP contribution in [0.4, 0.5) is 10.1 Å². The van der Waals surface area contributed by atoms with Gasteiger partial charge in [0.15, 0.2) is 0 Å². The molecular weight excluding hydrogens is 281 g/mol. The van der Waals surface area contributed by atoms with Crippen LogP contribution in [-0.4, -0.2) is 17.0 Å². The molecule has 20 heavy (non-hydrogen) atoms. The van der Waals surface area contributed by atoms with Crippen LogP contribution < -0.4 is 5.32 Å². The van der Waals surface area contributed by atoms with Crippen molar-refractivity contribution in [1.29, 1.82) is 0 Å². The Morgan fingerprint density at radius 3 is 2.75 bits per heavy atom. The summed E-state index contributed by atoms with van der Waals surface area (Å²) < 4.78 is 13.0. The van der Waals surface area contributed by atoms with Crippen molar-refractivity contribution in [3.63, 3.8) is 0 Å². The fraction of sp³-hybridized carbons (Fsp3) is 0.143. The van der Waals surface area contributed by atoms with Gasteiger partial charge in [0, 0.05) is 11.3 Å². The van der Waals surface area contributed by atoms with E-state index in [-0.39, 0.29) is 23.6 Å². The van der Waals surface area contributed by atoms with Crippen LogP contribution in [0.1, 0.15) is 21.7 Å². The molecule has 2 N–H and O–H groups in total. The summed E-state index contributed by atoms with van der Waals surface area (Å²) in [5.74, 6) is -2.23. The first-order valence-corrected chi connectivity index (χ1v) is 6.79. The molecule has 0 atom stereocenters. The molecule has 4 nitrogen and oxygen atoms in total. The van der Waals surface area contributed by atoms with E-state index in [0.29, 0.717) is 6.42 Å². The van der Waals surface area contributed by atoms with Crippen LogP contribution in [0.15, 0.2) is 35.7 Å². The van der Waals surface area contributed by atoms with Crippen LogP contribution in [0.5, 0.6) is 0 Å². The molecule has 1 amide bonds. The Bertz CT molecular complexity index is 625. The van der Waals surface area contributed by atoms with Crippen molar-refractivity contribution in [2.75, 3.05) is 5.32 Å². The van der Waals surface area contributed by atoms with E-state index in [1.165, 1.54) is 6.07 Å². The number of carboxylic acid groups (broad SMARTS) is 1. The number of aromatic carboxylic acids is 1. The van der Waals surface area contributed by atoms with Crippen molar-refractivity contribution in [2.24, 2.45) is 0 Å². The number of amides is 1. The van der Waals surface area contributed by atoms with Gasteiger partial charge >= 0.3 is 5.97 Å². The van der Waals surface area contributed by atoms with Crippen LogP contribution in [0.2, 0.25) is 0 Å². The predicted molar refractivity (Wildman–Crippen MR) is 74.6 cm³/mol. The summed E-state index contributed by atoms with van der Waals surface area (Å²) in [6, 6.07) is 7.08. The summed E-state index contributed by atoms with van der Waals surface area (Å²) in [7, 11) is 0. The van der Waals surface area contributed by atoms with Crippen molar-refractivity contribution in [1.82, 2.24) is 0 Å². The van der Waals surface area contributed by atoms with Gasteiger partial charge in [-0.25, -0.2) is 9.18 Å². The van der Waals surface area contributed by atoms with Gasteiger partial charge in [-0.2, -0.15) is 0 Å². The second kappa shape index (κ2) is 6.29. The Morgan fingerprint density at radius 2 is 2.10 bits per heavy atom. The Hall–Kier alpha value is -2.21. The molecule has 0 saturated carbocycles. The minimum absolute atomic E-state index is 0.107. The lowest BCUT2D eigenvalue weighted by Gasteiger charge is -2.08. The third kappa shape index (κ3) is 3.64. The van der Waals surface area contributed by atoms with Gasteiger partial charge in [-0.05, 0) is 36.1 Å². The molecule has 2 aromatic rings. The van der Waals surface area contributed by atoms with Gasteiger partial charge in [0.05, 0.1) is 11.3 Å². The molecule has 2 rings (SSSR count). The first kappa shape index (κ1) is 14.2. The fourth-order valence-electron chi connectivity index (χ4n) is 1.71. The van der Waals surface area contributed by atoms with Gasteiger partial charge in [-0.3, -0.25) is 4.79 Å². The maximum absolute atomic E-state index is 13.0. The summed E-state index contributed by atoms with van der Waals surface area (Å²) in [5.41, 5.74) is -0.149. The lowest BCUT2D eigenvalue weighted by Crippen LogP contribution is -2.15. The number of carbonyl (C=O) groups excluding carboxylic acids is 1. The second-order valence-corrected chi connectivity index (χ2v) is 5.15. The molecule has 0 aliphatic heterocycles. The lowest BCUT2D eigenvalue weighted by atomic mass is 10.1. The van der Waals surface area contributed by atoms with Crippen LogP contribution in [-0.2, 0) is 11.2 Å². The largest absolute Gasteiger partial charge is 0.478 e. The summed E-state index contributed by atoms with van der Waals surface area (Å²) in [6.07, 6.45) is 0.837. The molecule has 0 fully saturated rings. The highest BCUT2D eigenvalue weighted by molar-refractivity contribution is 7.09. The zero-order valence-corrected chi connectivity index (χ0v) is 11.2. The number of benzene rings is 1. The molecule has 0 saturated heterocycles. The third-order valence-corrected chi connectivity index (χ3v) is 3.60. The number of carbonyl (C=O) groups is 2. The molecule has 0 aliphatic carbocycles. The van der Waals surface area contributed by atoms with Crippen molar-refractivity contribution in [2.45, 2.75) is 12.8 Å². The average molecular weight is 293 g/mol. The summed E-state index contributed by atoms with van der Waals surface area (Å²) in [5, 5.41) is 13.4. The van der Waals surface area contributed by atoms with E-state index in [0.717, 1.165) is 17.0 Å². The maximum Gasteiger partial charge on any atom is 0.337 e. The summed E-state index contributed by atoms with van der Waals surface area (Å²) in [6.45, 7) is 0. The predicted octanol–water partition coefficient (Wildman–Crippen LogP) is 3.16. The minimum Gasteiger partial charge on any atom is -0.478 e. The highest BCUT2D eigenvalue weighted by atomic mass is 32.1. The Kier molecular flexibility index (Phi) is 4.47. The van der Waals surface area contributed by atoms with Crippen LogP contribution in [0.3, 0.4) is 0 Å². The quantitative estimate of drug-likeness (QED) is 0.890. The first-order valence-electron chi connectivity index (χ1n) is 5.91. The second-order valence-electron chi connectivity index (χ2n) is 4.12. The van der Waals surface area contributed by atoms with E-state index < -0.39 is 11.8 Å². The lowest BCUT2D eigenvalue weighted by molar-refractivity contribution is -0.116. The number of hydrogen-bond acceptors (Lipinski definition) is 3. The van der Waals surface area contributed by atoms with Gasteiger partial charge in [0.2, 0.25) is 5.91 Å². The number of carboxylic acids is 1. The summed E-state index contributed by atoms with van der Waals surface area (Å²) >= 11 is 1.56. The number of nitrogens with one attached hydrogen (secondary N) is 1. The summed E-state index contributed by atoms with van der Waals surface area (Å²) in [4.78, 5) is 23.8. The van der Waals surface area contributed by atoms with Gasteiger partial charge in [-0.1, -0.05) is 6.07 Å². The highest BCUT2D eigenvalue weighted by Crippen LogP contribution is 2.18. The first-order chi connectivity index (χ1) is 9.56. The van der Waals surface area contributed by atoms with Gasteiger partial charge in [-0.15, -0.1) is 11.3 Å². The smallest absolute Gasteiger partial charge is 0.337 e. The van der Waals surface area contributed by atoms with Crippen LogP contribution >= 0.6 is 11.3 Å². The number of aryl methyl sites for hydroxylation is 1. The Labute approximate surface area is 118 Å². The molecular formula is C14H12FNO3S. The van der Waals surface area contributed by atoms with E-state index in [4.69, 9.17) is 5.11 Å². The molecule has 1 heterocycles. The van der Waals surface area contributed by atoms with E-state index in [1.54, 1.807) is 11.3 Å². The number of halogens is 1.